The summed E-state index contributed by atoms with van der Waals surface area (Å²) in [5.74, 6) is -0.148. The Morgan fingerprint density at radius 1 is 1.33 bits per heavy atom. The van der Waals surface area contributed by atoms with Gasteiger partial charge in [-0.05, 0) is 12.3 Å². The Balaban J connectivity index is 2.96. The maximum atomic E-state index is 10.1. The number of carboxylic acid groups (broad SMARTS) is 1. The molecular formula is C10H19O2. The second kappa shape index (κ2) is 7.14. The van der Waals surface area contributed by atoms with Crippen molar-refractivity contribution in [3.8, 4) is 0 Å². The molecule has 0 fully saturated rings. The molecule has 71 valence electrons. The number of rotatable bonds is 7. The topological polar surface area (TPSA) is 37.3 Å². The molecule has 0 saturated carbocycles. The third-order valence-corrected chi connectivity index (χ3v) is 1.84. The minimum absolute atomic E-state index is 0.319. The Kier molecular flexibility index (Phi) is 6.82. The van der Waals surface area contributed by atoms with Gasteiger partial charge in [0.2, 0.25) is 0 Å². The highest BCUT2D eigenvalue weighted by Gasteiger charge is 1.97. The van der Waals surface area contributed by atoms with Crippen LogP contribution < -0.4 is 0 Å². The van der Waals surface area contributed by atoms with Gasteiger partial charge in [0.15, 0.2) is 0 Å². The van der Waals surface area contributed by atoms with E-state index in [9.17, 15) is 4.79 Å². The van der Waals surface area contributed by atoms with Crippen molar-refractivity contribution in [2.75, 3.05) is 0 Å². The van der Waals surface area contributed by atoms with E-state index in [0.717, 1.165) is 25.7 Å². The molecule has 0 aliphatic rings. The molecule has 0 aliphatic carbocycles. The fourth-order valence-electron chi connectivity index (χ4n) is 1.12. The molecule has 0 heterocycles. The number of hydrogen-bond acceptors (Lipinski definition) is 1. The van der Waals surface area contributed by atoms with E-state index in [0.29, 0.717) is 12.3 Å². The first kappa shape index (κ1) is 11.5. The second-order valence-corrected chi connectivity index (χ2v) is 3.45. The van der Waals surface area contributed by atoms with Crippen LogP contribution in [0, 0.1) is 12.8 Å². The summed E-state index contributed by atoms with van der Waals surface area (Å²) in [7, 11) is 0. The fraction of sp³-hybridized carbons (Fsp3) is 0.800. The minimum atomic E-state index is -0.680. The van der Waals surface area contributed by atoms with Gasteiger partial charge < -0.3 is 5.11 Å². The van der Waals surface area contributed by atoms with Gasteiger partial charge in [0.1, 0.15) is 0 Å². The first-order valence-corrected chi connectivity index (χ1v) is 4.68. The lowest BCUT2D eigenvalue weighted by Gasteiger charge is -2.02. The summed E-state index contributed by atoms with van der Waals surface area (Å²) in [6.45, 7) is 6.00. The van der Waals surface area contributed by atoms with Gasteiger partial charge in [-0.15, -0.1) is 0 Å². The van der Waals surface area contributed by atoms with Crippen molar-refractivity contribution in [3.05, 3.63) is 6.92 Å². The molecule has 12 heavy (non-hydrogen) atoms. The first-order chi connectivity index (χ1) is 5.63. The van der Waals surface area contributed by atoms with Crippen LogP contribution in [0.15, 0.2) is 0 Å². The molecule has 0 saturated heterocycles. The van der Waals surface area contributed by atoms with E-state index in [4.69, 9.17) is 5.11 Å². The van der Waals surface area contributed by atoms with Crippen molar-refractivity contribution in [2.45, 2.75) is 45.4 Å². The van der Waals surface area contributed by atoms with E-state index in [1.807, 2.05) is 0 Å². The molecular weight excluding hydrogens is 152 g/mol. The molecule has 0 aromatic carbocycles. The predicted octanol–water partition coefficient (Wildman–Crippen LogP) is 2.88. The van der Waals surface area contributed by atoms with E-state index >= 15 is 0 Å². The molecule has 0 amide bonds. The Morgan fingerprint density at radius 3 is 2.42 bits per heavy atom. The maximum absolute atomic E-state index is 10.1. The monoisotopic (exact) mass is 171 g/mol. The van der Waals surface area contributed by atoms with Crippen molar-refractivity contribution in [3.63, 3.8) is 0 Å². The van der Waals surface area contributed by atoms with E-state index < -0.39 is 5.97 Å². The van der Waals surface area contributed by atoms with E-state index in [1.54, 1.807) is 0 Å². The van der Waals surface area contributed by atoms with Crippen molar-refractivity contribution in [1.82, 2.24) is 0 Å². The smallest absolute Gasteiger partial charge is 0.303 e. The number of unbranched alkanes of at least 4 members (excludes halogenated alkanes) is 3. The van der Waals surface area contributed by atoms with Crippen LogP contribution in [-0.2, 0) is 4.79 Å². The Morgan fingerprint density at radius 2 is 1.92 bits per heavy atom. The molecule has 0 aromatic rings. The summed E-state index contributed by atoms with van der Waals surface area (Å²) in [6.07, 6.45) is 5.67. The van der Waals surface area contributed by atoms with Crippen molar-refractivity contribution in [2.24, 2.45) is 5.92 Å². The normalized spacial score (nSPS) is 10.6. The van der Waals surface area contributed by atoms with Gasteiger partial charge in [-0.1, -0.05) is 39.5 Å². The molecule has 0 spiro atoms. The lowest BCUT2D eigenvalue weighted by Crippen LogP contribution is -1.94. The van der Waals surface area contributed by atoms with Gasteiger partial charge in [-0.2, -0.15) is 0 Å². The van der Waals surface area contributed by atoms with Crippen LogP contribution in [0.1, 0.15) is 45.4 Å². The summed E-state index contributed by atoms with van der Waals surface area (Å²) >= 11 is 0. The number of carbonyl (C=O) groups is 1. The fourth-order valence-corrected chi connectivity index (χ4v) is 1.12. The van der Waals surface area contributed by atoms with Gasteiger partial charge in [0.05, 0.1) is 0 Å². The summed E-state index contributed by atoms with van der Waals surface area (Å²) in [5, 5.41) is 8.35. The maximum Gasteiger partial charge on any atom is 0.303 e. The summed E-state index contributed by atoms with van der Waals surface area (Å²) in [4.78, 5) is 10.1. The molecule has 2 nitrogen and oxygen atoms in total. The number of aliphatic carboxylic acids is 1. The van der Waals surface area contributed by atoms with E-state index in [2.05, 4.69) is 13.8 Å². The highest BCUT2D eigenvalue weighted by Crippen LogP contribution is 2.09. The summed E-state index contributed by atoms with van der Waals surface area (Å²) in [6, 6.07) is 0. The van der Waals surface area contributed by atoms with Gasteiger partial charge in [-0.3, -0.25) is 4.79 Å². The van der Waals surface area contributed by atoms with Gasteiger partial charge in [-0.25, -0.2) is 0 Å². The van der Waals surface area contributed by atoms with Gasteiger partial charge in [0.25, 0.3) is 0 Å². The molecule has 2 heteroatoms. The average Bonchev–Trinajstić information content (AvgIpc) is 1.95. The van der Waals surface area contributed by atoms with Crippen molar-refractivity contribution in [1.29, 1.82) is 0 Å². The third kappa shape index (κ3) is 9.47. The van der Waals surface area contributed by atoms with Crippen LogP contribution in [0.2, 0.25) is 0 Å². The lowest BCUT2D eigenvalue weighted by atomic mass is 10.0. The highest BCUT2D eigenvalue weighted by molar-refractivity contribution is 5.66. The van der Waals surface area contributed by atoms with Crippen LogP contribution in [0.3, 0.4) is 0 Å². The van der Waals surface area contributed by atoms with Gasteiger partial charge in [0, 0.05) is 6.42 Å². The van der Waals surface area contributed by atoms with Crippen LogP contribution in [0.5, 0.6) is 0 Å². The predicted molar refractivity (Wildman–Crippen MR) is 49.9 cm³/mol. The molecule has 1 atom stereocenters. The van der Waals surface area contributed by atoms with Gasteiger partial charge >= 0.3 is 5.97 Å². The average molecular weight is 171 g/mol. The zero-order valence-corrected chi connectivity index (χ0v) is 7.88. The molecule has 0 bridgehead atoms. The lowest BCUT2D eigenvalue weighted by molar-refractivity contribution is -0.137. The van der Waals surface area contributed by atoms with E-state index in [-0.39, 0.29) is 0 Å². The summed E-state index contributed by atoms with van der Waals surface area (Å²) < 4.78 is 0. The number of hydrogen-bond donors (Lipinski definition) is 1. The molecule has 0 aromatic heterocycles. The largest absolute Gasteiger partial charge is 0.481 e. The quantitative estimate of drug-likeness (QED) is 0.598. The SMILES string of the molecule is [CH2]C(C)CCCCCCC(=O)O. The zero-order chi connectivity index (χ0) is 9.40. The standard InChI is InChI=1S/C10H19O2/c1-9(2)7-5-3-4-6-8-10(11)12/h9H,1,3-8H2,2H3,(H,11,12). The van der Waals surface area contributed by atoms with Crippen LogP contribution in [-0.4, -0.2) is 11.1 Å². The number of carboxylic acids is 1. The Hall–Kier alpha value is -0.530. The second-order valence-electron chi connectivity index (χ2n) is 3.45. The van der Waals surface area contributed by atoms with Crippen LogP contribution >= 0.6 is 0 Å². The zero-order valence-electron chi connectivity index (χ0n) is 7.88. The molecule has 0 aliphatic heterocycles. The van der Waals surface area contributed by atoms with Crippen LogP contribution in [0.25, 0.3) is 0 Å². The summed E-state index contributed by atoms with van der Waals surface area (Å²) in [5.41, 5.74) is 0. The third-order valence-electron chi connectivity index (χ3n) is 1.84. The molecule has 1 N–H and O–H groups in total. The van der Waals surface area contributed by atoms with E-state index in [1.165, 1.54) is 6.42 Å². The highest BCUT2D eigenvalue weighted by atomic mass is 16.4. The Bertz CT molecular complexity index is 119. The molecule has 0 rings (SSSR count). The minimum Gasteiger partial charge on any atom is -0.481 e. The molecule has 1 unspecified atom stereocenters. The molecule has 1 radical (unpaired) electrons. The van der Waals surface area contributed by atoms with Crippen molar-refractivity contribution >= 4 is 5.97 Å². The van der Waals surface area contributed by atoms with Crippen LogP contribution in [0.4, 0.5) is 0 Å². The van der Waals surface area contributed by atoms with Crippen molar-refractivity contribution < 1.29 is 9.90 Å². The first-order valence-electron chi connectivity index (χ1n) is 4.68. The Labute approximate surface area is 75.0 Å².